The van der Waals surface area contributed by atoms with Gasteiger partial charge in [-0.1, -0.05) is 52.7 Å². The zero-order valence-corrected chi connectivity index (χ0v) is 18.3. The molecule has 0 saturated heterocycles. The first kappa shape index (κ1) is 27.2. The van der Waals surface area contributed by atoms with Crippen molar-refractivity contribution in [1.82, 2.24) is 0 Å². The highest BCUT2D eigenvalue weighted by Crippen LogP contribution is 2.22. The molecule has 0 aromatic heterocycles. The fourth-order valence-electron chi connectivity index (χ4n) is 2.85. The lowest BCUT2D eigenvalue weighted by molar-refractivity contribution is 0.102. The van der Waals surface area contributed by atoms with Gasteiger partial charge in [0.25, 0.3) is 0 Å². The van der Waals surface area contributed by atoms with Crippen LogP contribution in [-0.2, 0) is 14.1 Å². The second-order valence-electron chi connectivity index (χ2n) is 6.91. The fraction of sp³-hybridized carbons (Fsp3) is 0.136. The van der Waals surface area contributed by atoms with Crippen LogP contribution < -0.4 is 5.46 Å². The van der Waals surface area contributed by atoms with E-state index in [1.54, 1.807) is 12.1 Å². The number of ketones is 1. The van der Waals surface area contributed by atoms with Crippen LogP contribution >= 0.6 is 0 Å². The molecule has 3 aromatic rings. The number of halogens is 8. The fourth-order valence-corrected chi connectivity index (χ4v) is 4.80. The molecule has 1 unspecified atom stereocenters. The Bertz CT molecular complexity index is 1170. The molecule has 3 aromatic carbocycles. The highest BCUT2D eigenvalue weighted by molar-refractivity contribution is 8.03. The van der Waals surface area contributed by atoms with E-state index in [0.29, 0.717) is 11.3 Å². The van der Waals surface area contributed by atoms with E-state index in [-0.39, 0.29) is 11.5 Å². The maximum Gasteiger partial charge on any atom is 0.515 e. The van der Waals surface area contributed by atoms with Gasteiger partial charge in [0.15, 0.2) is 28.1 Å². The molecule has 2 nitrogen and oxygen atoms in total. The summed E-state index contributed by atoms with van der Waals surface area (Å²) in [5.41, 5.74) is -2.11. The molecule has 0 aliphatic heterocycles. The van der Waals surface area contributed by atoms with E-state index >= 15 is 0 Å². The molecule has 0 radical (unpaired) electrons. The van der Waals surface area contributed by atoms with E-state index in [4.69, 9.17) is 0 Å². The maximum absolute atomic E-state index is 12.9. The van der Waals surface area contributed by atoms with Gasteiger partial charge in [-0.25, -0.2) is 22.0 Å². The topological polar surface area (TPSA) is 34.1 Å². The second-order valence-corrected chi connectivity index (χ2v) is 9.87. The molecule has 0 spiro atoms. The van der Waals surface area contributed by atoms with Gasteiger partial charge in [0.1, 0.15) is 27.3 Å². The van der Waals surface area contributed by atoms with E-state index in [9.17, 15) is 43.9 Å². The minimum absolute atomic E-state index is 0.0590. The summed E-state index contributed by atoms with van der Waals surface area (Å²) >= 11 is 0. The summed E-state index contributed by atoms with van der Waals surface area (Å²) in [5.74, 6) is -13.1. The van der Waals surface area contributed by atoms with E-state index < -0.39 is 51.5 Å². The molecule has 0 N–H and O–H groups in total. The Hall–Kier alpha value is -3.02. The third-order valence-electron chi connectivity index (χ3n) is 4.67. The van der Waals surface area contributed by atoms with Crippen molar-refractivity contribution in [2.24, 2.45) is 0 Å². The number of hydrogen-bond donors (Lipinski definition) is 0. The molecular weight excluding hydrogens is 491 g/mol. The summed E-state index contributed by atoms with van der Waals surface area (Å²) in [6.45, 7) is -4.44. The predicted molar refractivity (Wildman–Crippen MR) is 114 cm³/mol. The first-order valence-corrected chi connectivity index (χ1v) is 11.6. The molecule has 3 rings (SSSR count). The molecule has 182 valence electrons. The van der Waals surface area contributed by atoms with Crippen LogP contribution in [0.1, 0.15) is 17.3 Å². The van der Waals surface area contributed by atoms with Crippen LogP contribution in [-0.4, -0.2) is 24.3 Å². The van der Waals surface area contributed by atoms with Gasteiger partial charge in [-0.2, -0.15) is 0 Å². The van der Waals surface area contributed by atoms with Gasteiger partial charge < -0.3 is 12.9 Å². The van der Waals surface area contributed by atoms with Gasteiger partial charge in [-0.15, -0.1) is 0 Å². The first-order valence-electron chi connectivity index (χ1n) is 9.67. The lowest BCUT2D eigenvalue weighted by Crippen LogP contribution is -2.41. The SMILES string of the molecule is CC[S+](=O)(CC(=O)c1ccccc1)c1ccccc1.Fc1c(F)c(F)c([B-](F)(F)F)c(F)c1F. The molecular formula is C22H17BF8O2S. The smallest absolute Gasteiger partial charge is 0.445 e. The van der Waals surface area contributed by atoms with Crippen LogP contribution in [0.25, 0.3) is 0 Å². The summed E-state index contributed by atoms with van der Waals surface area (Å²) in [7, 11) is -2.30. The van der Waals surface area contributed by atoms with E-state index in [0.717, 1.165) is 4.90 Å². The van der Waals surface area contributed by atoms with Crippen molar-refractivity contribution in [3.63, 3.8) is 0 Å². The zero-order chi connectivity index (χ0) is 25.7. The minimum atomic E-state index is -6.30. The Morgan fingerprint density at radius 3 is 1.56 bits per heavy atom. The lowest BCUT2D eigenvalue weighted by atomic mass is 9.79. The molecule has 0 heterocycles. The van der Waals surface area contributed by atoms with Gasteiger partial charge in [0, 0.05) is 5.56 Å². The van der Waals surface area contributed by atoms with E-state index in [1.165, 1.54) is 0 Å². The molecule has 0 amide bonds. The normalized spacial score (nSPS) is 13.0. The monoisotopic (exact) mass is 508 g/mol. The molecule has 12 heteroatoms. The average molecular weight is 508 g/mol. The number of carbonyl (C=O) groups is 1. The van der Waals surface area contributed by atoms with Gasteiger partial charge in [0.2, 0.25) is 5.78 Å². The standard InChI is InChI=1S/C16H17O2S.C6BF8/c1-2-19(18,15-11-7-4-8-12-15)13-16(17)14-9-5-3-6-10-14;8-2-1(7(13,14)15)3(9)5(11)6(12)4(2)10/h3-12H,2,13H2,1H3;/q+1;-1. The molecule has 0 aliphatic rings. The van der Waals surface area contributed by atoms with Crippen LogP contribution in [0.5, 0.6) is 0 Å². The number of rotatable bonds is 6. The molecule has 0 aliphatic carbocycles. The zero-order valence-electron chi connectivity index (χ0n) is 17.5. The average Bonchev–Trinajstić information content (AvgIpc) is 2.82. The van der Waals surface area contributed by atoms with Crippen molar-refractivity contribution < 1.29 is 43.9 Å². The van der Waals surface area contributed by atoms with Gasteiger partial charge in [-0.3, -0.25) is 4.79 Å². The predicted octanol–water partition coefficient (Wildman–Crippen LogP) is 5.88. The number of carbonyl (C=O) groups excluding carboxylic acids is 1. The summed E-state index contributed by atoms with van der Waals surface area (Å²) < 4.78 is 111. The van der Waals surface area contributed by atoms with Crippen molar-refractivity contribution in [2.45, 2.75) is 11.8 Å². The molecule has 0 fully saturated rings. The second kappa shape index (κ2) is 10.9. The number of benzene rings is 3. The van der Waals surface area contributed by atoms with Gasteiger partial charge in [0.05, 0.1) is 0 Å². The third-order valence-corrected chi connectivity index (χ3v) is 7.46. The lowest BCUT2D eigenvalue weighted by Gasteiger charge is -2.17. The molecule has 34 heavy (non-hydrogen) atoms. The summed E-state index contributed by atoms with van der Waals surface area (Å²) in [6.07, 6.45) is 0. The minimum Gasteiger partial charge on any atom is -0.445 e. The Morgan fingerprint density at radius 2 is 1.15 bits per heavy atom. The number of hydrogen-bond acceptors (Lipinski definition) is 2. The van der Waals surface area contributed by atoms with Crippen LogP contribution in [0.4, 0.5) is 34.9 Å². The van der Waals surface area contributed by atoms with Crippen molar-refractivity contribution in [3.05, 3.63) is 95.3 Å². The number of Topliss-reactive ketones (excluding diaryl/α,β-unsaturated/α-hetero) is 1. The third kappa shape index (κ3) is 6.10. The molecule has 0 bridgehead atoms. The Morgan fingerprint density at radius 1 is 0.735 bits per heavy atom. The summed E-state index contributed by atoms with van der Waals surface area (Å²) in [4.78, 5) is 13.0. The van der Waals surface area contributed by atoms with Crippen LogP contribution in [0.15, 0.2) is 65.6 Å². The molecule has 0 saturated carbocycles. The first-order chi connectivity index (χ1) is 15.8. The quantitative estimate of drug-likeness (QED) is 0.104. The van der Waals surface area contributed by atoms with Crippen LogP contribution in [0.2, 0.25) is 0 Å². The highest BCUT2D eigenvalue weighted by Gasteiger charge is 2.38. The largest absolute Gasteiger partial charge is 0.515 e. The Kier molecular flexibility index (Phi) is 8.76. The highest BCUT2D eigenvalue weighted by atomic mass is 32.2. The van der Waals surface area contributed by atoms with Crippen molar-refractivity contribution in [3.8, 4) is 0 Å². The Labute approximate surface area is 191 Å². The van der Waals surface area contributed by atoms with Crippen molar-refractivity contribution in [2.75, 3.05) is 11.5 Å². The van der Waals surface area contributed by atoms with Gasteiger partial charge in [-0.05, 0) is 24.5 Å². The Balaban J connectivity index is 0.000000248. The van der Waals surface area contributed by atoms with Crippen LogP contribution in [0, 0.1) is 29.1 Å². The molecule has 1 atom stereocenters. The van der Waals surface area contributed by atoms with Gasteiger partial charge >= 0.3 is 6.98 Å². The van der Waals surface area contributed by atoms with Crippen LogP contribution in [0.3, 0.4) is 0 Å². The summed E-state index contributed by atoms with van der Waals surface area (Å²) in [5, 5.41) is 0. The van der Waals surface area contributed by atoms with E-state index in [2.05, 4.69) is 0 Å². The van der Waals surface area contributed by atoms with Crippen molar-refractivity contribution >= 4 is 28.2 Å². The van der Waals surface area contributed by atoms with Crippen molar-refractivity contribution in [1.29, 1.82) is 0 Å². The summed E-state index contributed by atoms with van der Waals surface area (Å²) in [6, 6.07) is 18.3. The van der Waals surface area contributed by atoms with E-state index in [1.807, 2.05) is 55.5 Å². The maximum atomic E-state index is 12.9.